The van der Waals surface area contributed by atoms with Crippen molar-refractivity contribution < 1.29 is 66.3 Å². The van der Waals surface area contributed by atoms with E-state index in [1.165, 1.54) is 64.7 Å². The second-order valence-electron chi connectivity index (χ2n) is 12.4. The molecular weight excluding hydrogens is 710 g/mol. The quantitative estimate of drug-likeness (QED) is 0.214. The second-order valence-corrected chi connectivity index (χ2v) is 12.8. The van der Waals surface area contributed by atoms with Crippen molar-refractivity contribution in [1.82, 2.24) is 9.55 Å². The van der Waals surface area contributed by atoms with Crippen LogP contribution in [0.25, 0.3) is 11.0 Å². The number of benzene rings is 2. The number of nitrogens with two attached hydrogens (primary N) is 2. The highest BCUT2D eigenvalue weighted by molar-refractivity contribution is 6.30. The summed E-state index contributed by atoms with van der Waals surface area (Å²) in [5, 5.41) is 23.2. The van der Waals surface area contributed by atoms with Gasteiger partial charge >= 0.3 is 12.4 Å². The highest BCUT2D eigenvalue weighted by atomic mass is 35.5. The molecule has 2 saturated heterocycles. The lowest BCUT2D eigenvalue weighted by molar-refractivity contribution is -0.669. The van der Waals surface area contributed by atoms with Gasteiger partial charge in [-0.15, -0.1) is 0 Å². The number of carbonyl (C=O) groups is 2. The third-order valence-corrected chi connectivity index (χ3v) is 8.77. The van der Waals surface area contributed by atoms with Gasteiger partial charge in [0.1, 0.15) is 41.4 Å². The van der Waals surface area contributed by atoms with Crippen molar-refractivity contribution in [2.45, 2.75) is 76.9 Å². The average Bonchev–Trinajstić information content (AvgIpc) is 3.45. The van der Waals surface area contributed by atoms with Gasteiger partial charge in [-0.1, -0.05) is 17.7 Å². The number of quaternary nitrogens is 2. The summed E-state index contributed by atoms with van der Waals surface area (Å²) in [4.78, 5) is 22.6. The van der Waals surface area contributed by atoms with Crippen LogP contribution in [0.1, 0.15) is 57.2 Å². The van der Waals surface area contributed by atoms with Crippen LogP contribution in [0.5, 0.6) is 11.5 Å². The molecule has 4 N–H and O–H groups in total. The van der Waals surface area contributed by atoms with E-state index in [-0.39, 0.29) is 0 Å². The zero-order chi connectivity index (χ0) is 37.4. The van der Waals surface area contributed by atoms with E-state index in [9.17, 15) is 26.3 Å². The van der Waals surface area contributed by atoms with E-state index in [1.807, 2.05) is 24.3 Å². The lowest BCUT2D eigenvalue weighted by Crippen LogP contribution is -2.87. The molecule has 5 rings (SSSR count). The van der Waals surface area contributed by atoms with Crippen LogP contribution in [0.4, 0.5) is 26.3 Å². The SMILES string of the molecule is Clc1ccc(OCc2nc3c(OCCC[C@H]4CCC[NH2+]C4)cccc3n2CCC[C@H]2CCC[NH2+]C2)cc1.O=C([O-])C(F)(F)F.O=C([O-])C(F)(F)F. The fraction of sp³-hybridized carbons (Fsp3) is 0.559. The predicted molar refractivity (Wildman–Crippen MR) is 170 cm³/mol. The molecule has 0 saturated carbocycles. The minimum absolute atomic E-state index is 0.422. The van der Waals surface area contributed by atoms with E-state index in [4.69, 9.17) is 45.9 Å². The first kappa shape index (κ1) is 41.7. The van der Waals surface area contributed by atoms with Gasteiger partial charge in [-0.3, -0.25) is 0 Å². The Bertz CT molecular complexity index is 1480. The van der Waals surface area contributed by atoms with Gasteiger partial charge in [0.05, 0.1) is 38.3 Å². The maximum absolute atomic E-state index is 10.5. The summed E-state index contributed by atoms with van der Waals surface area (Å²) < 4.78 is 77.9. The standard InChI is InChI=1S/C30H41ClN4O2.2C2HF3O2/c31-25-12-14-26(15-13-25)37-22-29-34-30-27(35(29)18-4-8-23-6-2-16-32-20-23)10-1-11-28(30)36-19-5-9-24-7-3-17-33-21-24;2*3-2(4,5)1(6)7/h1,10-15,23-24,32-33H,2-9,16-22H2;2*(H,6,7)/t23-,24-;;/m1../s1. The summed E-state index contributed by atoms with van der Waals surface area (Å²) >= 11 is 6.05. The van der Waals surface area contributed by atoms with E-state index in [2.05, 4.69) is 33.4 Å². The fourth-order valence-electron chi connectivity index (χ4n) is 5.99. The topological polar surface area (TPSA) is 150 Å². The van der Waals surface area contributed by atoms with Crippen LogP contribution >= 0.6 is 11.6 Å². The minimum atomic E-state index is -5.19. The molecule has 2 aromatic carbocycles. The zero-order valence-electron chi connectivity index (χ0n) is 27.9. The van der Waals surface area contributed by atoms with E-state index in [0.717, 1.165) is 66.2 Å². The number of rotatable bonds is 12. The number of fused-ring (bicyclic) bond motifs is 1. The van der Waals surface area contributed by atoms with Gasteiger partial charge in [0.15, 0.2) is 0 Å². The van der Waals surface area contributed by atoms with Gasteiger partial charge in [-0.2, -0.15) is 26.3 Å². The predicted octanol–water partition coefficient (Wildman–Crippen LogP) is 2.75. The molecule has 0 amide bonds. The van der Waals surface area contributed by atoms with Gasteiger partial charge in [-0.25, -0.2) is 4.98 Å². The Morgan fingerprint density at radius 1 is 0.843 bits per heavy atom. The third-order valence-electron chi connectivity index (χ3n) is 8.52. The Balaban J connectivity index is 0.000000424. The molecule has 0 radical (unpaired) electrons. The Kier molecular flexibility index (Phi) is 16.6. The zero-order valence-corrected chi connectivity index (χ0v) is 28.7. The summed E-state index contributed by atoms with van der Waals surface area (Å²) in [7, 11) is 0. The first-order valence-electron chi connectivity index (χ1n) is 16.8. The van der Waals surface area contributed by atoms with Crippen molar-refractivity contribution in [3.63, 3.8) is 0 Å². The molecule has 0 unspecified atom stereocenters. The van der Waals surface area contributed by atoms with Crippen LogP contribution in [0.15, 0.2) is 42.5 Å². The number of ether oxygens (including phenoxy) is 2. The Morgan fingerprint density at radius 2 is 1.39 bits per heavy atom. The molecule has 2 aliphatic heterocycles. The number of hydrogen-bond donors (Lipinski definition) is 2. The molecule has 10 nitrogen and oxygen atoms in total. The van der Waals surface area contributed by atoms with Crippen molar-refractivity contribution in [3.05, 3.63) is 53.3 Å². The van der Waals surface area contributed by atoms with Crippen molar-refractivity contribution >= 4 is 34.6 Å². The number of para-hydroxylation sites is 1. The second kappa shape index (κ2) is 20.3. The van der Waals surface area contributed by atoms with Crippen molar-refractivity contribution in [3.8, 4) is 11.5 Å². The van der Waals surface area contributed by atoms with Crippen LogP contribution in [0, 0.1) is 11.8 Å². The van der Waals surface area contributed by atoms with Crippen LogP contribution in [-0.4, -0.2) is 66.6 Å². The summed E-state index contributed by atoms with van der Waals surface area (Å²) in [6.45, 7) is 7.25. The highest BCUT2D eigenvalue weighted by Crippen LogP contribution is 2.29. The average molecular weight is 753 g/mol. The number of carboxylic acids is 2. The van der Waals surface area contributed by atoms with Crippen LogP contribution in [0.2, 0.25) is 5.02 Å². The lowest BCUT2D eigenvalue weighted by atomic mass is 9.95. The molecule has 3 aromatic rings. The van der Waals surface area contributed by atoms with Gasteiger partial charge in [0.2, 0.25) is 0 Å². The molecule has 2 fully saturated rings. The number of aryl methyl sites for hydroxylation is 1. The smallest absolute Gasteiger partial charge is 0.430 e. The van der Waals surface area contributed by atoms with E-state index in [1.54, 1.807) is 0 Å². The summed E-state index contributed by atoms with van der Waals surface area (Å²) in [6.07, 6.45) is -0.193. The molecule has 51 heavy (non-hydrogen) atoms. The fourth-order valence-corrected chi connectivity index (χ4v) is 6.11. The monoisotopic (exact) mass is 752 g/mol. The number of halogens is 7. The van der Waals surface area contributed by atoms with Gasteiger partial charge in [-0.05, 0) is 87.8 Å². The number of aliphatic carboxylic acids is 2. The summed E-state index contributed by atoms with van der Waals surface area (Å²) in [6, 6.07) is 13.9. The van der Waals surface area contributed by atoms with E-state index in [0.29, 0.717) is 11.6 Å². The molecule has 1 aromatic heterocycles. The maximum atomic E-state index is 10.5. The Labute approximate surface area is 296 Å². The van der Waals surface area contributed by atoms with Crippen LogP contribution in [-0.2, 0) is 22.7 Å². The van der Waals surface area contributed by atoms with Crippen molar-refractivity contribution in [1.29, 1.82) is 0 Å². The number of nitrogens with zero attached hydrogens (tertiary/aromatic N) is 2. The minimum Gasteiger partial charge on any atom is -0.542 e. The maximum Gasteiger partial charge on any atom is 0.430 e. The van der Waals surface area contributed by atoms with Gasteiger partial charge < -0.3 is 44.5 Å². The van der Waals surface area contributed by atoms with Crippen molar-refractivity contribution in [2.75, 3.05) is 32.8 Å². The molecule has 3 heterocycles. The number of carboxylic acid groups (broad SMARTS) is 2. The number of piperidine rings is 2. The highest BCUT2D eigenvalue weighted by Gasteiger charge is 2.29. The largest absolute Gasteiger partial charge is 0.542 e. The Hall–Kier alpha value is -3.76. The summed E-state index contributed by atoms with van der Waals surface area (Å²) in [5.74, 6) is -1.70. The molecule has 284 valence electrons. The van der Waals surface area contributed by atoms with Crippen LogP contribution < -0.4 is 30.3 Å². The van der Waals surface area contributed by atoms with Crippen LogP contribution in [0.3, 0.4) is 0 Å². The van der Waals surface area contributed by atoms with Gasteiger partial charge in [0.25, 0.3) is 0 Å². The van der Waals surface area contributed by atoms with Gasteiger partial charge in [0, 0.05) is 23.4 Å². The lowest BCUT2D eigenvalue weighted by Gasteiger charge is -2.20. The molecule has 0 bridgehead atoms. The number of aromatic nitrogens is 2. The molecule has 17 heteroatoms. The first-order chi connectivity index (χ1) is 24.1. The molecular formula is C34H43ClF6N4O6. The number of alkyl halides is 6. The van der Waals surface area contributed by atoms with Crippen molar-refractivity contribution in [2.24, 2.45) is 11.8 Å². The molecule has 2 atom stereocenters. The molecule has 0 aliphatic carbocycles. The first-order valence-corrected chi connectivity index (χ1v) is 17.2. The Morgan fingerprint density at radius 3 is 1.90 bits per heavy atom. The number of carbonyl (C=O) groups excluding carboxylic acids is 2. The van der Waals surface area contributed by atoms with E-state index >= 15 is 0 Å². The summed E-state index contributed by atoms with van der Waals surface area (Å²) in [5.41, 5.74) is 2.10. The number of hydrogen-bond acceptors (Lipinski definition) is 7. The number of imidazole rings is 1. The third kappa shape index (κ3) is 14.8. The molecule has 0 spiro atoms. The van der Waals surface area contributed by atoms with E-state index < -0.39 is 24.3 Å². The normalized spacial score (nSPS) is 17.8. The molecule has 2 aliphatic rings.